The average molecular weight is 829 g/mol. The highest BCUT2D eigenvalue weighted by molar-refractivity contribution is 6.16. The first-order valence-corrected chi connectivity index (χ1v) is 22.2. The SMILES string of the molecule is c1ccc(N(c2ccc(-c3ccc(-c4cccc5ccccc45)cc3)cc2)c2ccc(-n3c4ccccc4c4ccccc43)cc2)c(-c2ccc3oc4c5ccccc5ccc4c3c2)c1. The summed E-state index contributed by atoms with van der Waals surface area (Å²) in [5, 5.41) is 9.55. The summed E-state index contributed by atoms with van der Waals surface area (Å²) < 4.78 is 8.93. The van der Waals surface area contributed by atoms with Crippen molar-refractivity contribution in [2.75, 3.05) is 4.90 Å². The van der Waals surface area contributed by atoms with Gasteiger partial charge in [-0.2, -0.15) is 0 Å². The van der Waals surface area contributed by atoms with Gasteiger partial charge in [-0.05, 0) is 117 Å². The number of para-hydroxylation sites is 3. The number of fused-ring (bicyclic) bond motifs is 9. The Balaban J connectivity index is 0.926. The van der Waals surface area contributed by atoms with Crippen LogP contribution in [-0.4, -0.2) is 4.57 Å². The van der Waals surface area contributed by atoms with Crippen LogP contribution in [0.25, 0.3) is 104 Å². The van der Waals surface area contributed by atoms with E-state index in [4.69, 9.17) is 4.42 Å². The minimum absolute atomic E-state index is 0.885. The smallest absolute Gasteiger partial charge is 0.143 e. The van der Waals surface area contributed by atoms with Gasteiger partial charge < -0.3 is 13.9 Å². The Morgan fingerprint density at radius 1 is 0.323 bits per heavy atom. The summed E-state index contributed by atoms with van der Waals surface area (Å²) in [6.45, 7) is 0. The quantitative estimate of drug-likeness (QED) is 0.160. The van der Waals surface area contributed by atoms with E-state index in [9.17, 15) is 0 Å². The average Bonchev–Trinajstić information content (AvgIpc) is 3.93. The maximum Gasteiger partial charge on any atom is 0.143 e. The molecule has 11 aromatic carbocycles. The zero-order valence-electron chi connectivity index (χ0n) is 35.4. The lowest BCUT2D eigenvalue weighted by Gasteiger charge is -2.28. The Labute approximate surface area is 376 Å². The van der Waals surface area contributed by atoms with Gasteiger partial charge in [-0.3, -0.25) is 0 Å². The van der Waals surface area contributed by atoms with E-state index >= 15 is 0 Å². The highest BCUT2D eigenvalue weighted by Gasteiger charge is 2.20. The minimum Gasteiger partial charge on any atom is -0.455 e. The second-order valence-corrected chi connectivity index (χ2v) is 16.9. The third kappa shape index (κ3) is 6.12. The molecule has 0 aliphatic heterocycles. The number of hydrogen-bond donors (Lipinski definition) is 0. The van der Waals surface area contributed by atoms with Gasteiger partial charge in [0.15, 0.2) is 0 Å². The van der Waals surface area contributed by atoms with E-state index in [1.165, 1.54) is 54.7 Å². The number of nitrogens with zero attached hydrogens (tertiary/aromatic N) is 2. The molecule has 3 heteroatoms. The highest BCUT2D eigenvalue weighted by Crippen LogP contribution is 2.44. The van der Waals surface area contributed by atoms with E-state index in [1.54, 1.807) is 0 Å². The van der Waals surface area contributed by atoms with Gasteiger partial charge >= 0.3 is 0 Å². The van der Waals surface area contributed by atoms with Crippen LogP contribution in [0.5, 0.6) is 0 Å². The predicted octanol–water partition coefficient (Wildman–Crippen LogP) is 17.5. The first-order valence-electron chi connectivity index (χ1n) is 22.2. The normalized spacial score (nSPS) is 11.7. The largest absolute Gasteiger partial charge is 0.455 e. The molecule has 0 fully saturated rings. The van der Waals surface area contributed by atoms with Crippen molar-refractivity contribution in [2.24, 2.45) is 0 Å². The third-order valence-electron chi connectivity index (χ3n) is 13.2. The van der Waals surface area contributed by atoms with Crippen LogP contribution < -0.4 is 4.90 Å². The van der Waals surface area contributed by atoms with Crippen molar-refractivity contribution in [3.63, 3.8) is 0 Å². The minimum atomic E-state index is 0.885. The van der Waals surface area contributed by atoms with Crippen LogP contribution in [0.4, 0.5) is 17.1 Å². The number of hydrogen-bond acceptors (Lipinski definition) is 2. The molecule has 0 saturated heterocycles. The van der Waals surface area contributed by atoms with E-state index in [2.05, 4.69) is 252 Å². The van der Waals surface area contributed by atoms with Gasteiger partial charge in [0.05, 0.1) is 16.7 Å². The van der Waals surface area contributed by atoms with Gasteiger partial charge in [0.2, 0.25) is 0 Å². The van der Waals surface area contributed by atoms with Crippen LogP contribution in [0.15, 0.2) is 247 Å². The molecule has 2 aromatic heterocycles. The molecular formula is C62H40N2O. The first kappa shape index (κ1) is 36.9. The van der Waals surface area contributed by atoms with Gasteiger partial charge in [0.25, 0.3) is 0 Å². The van der Waals surface area contributed by atoms with Crippen molar-refractivity contribution < 1.29 is 4.42 Å². The first-order chi connectivity index (χ1) is 32.2. The second-order valence-electron chi connectivity index (χ2n) is 16.9. The number of furan rings is 1. The van der Waals surface area contributed by atoms with E-state index in [0.717, 1.165) is 66.8 Å². The van der Waals surface area contributed by atoms with Crippen molar-refractivity contribution in [2.45, 2.75) is 0 Å². The van der Waals surface area contributed by atoms with Crippen molar-refractivity contribution >= 4 is 82.4 Å². The summed E-state index contributed by atoms with van der Waals surface area (Å²) in [6.07, 6.45) is 0. The van der Waals surface area contributed by atoms with Crippen LogP contribution in [0.3, 0.4) is 0 Å². The molecule has 3 nitrogen and oxygen atoms in total. The Kier molecular flexibility index (Phi) is 8.53. The van der Waals surface area contributed by atoms with E-state index in [-0.39, 0.29) is 0 Å². The maximum atomic E-state index is 6.55. The molecule has 65 heavy (non-hydrogen) atoms. The lowest BCUT2D eigenvalue weighted by molar-refractivity contribution is 0.672. The number of anilines is 3. The number of aromatic nitrogens is 1. The standard InChI is InChI=1S/C62H40N2O/c1-3-15-50-43(12-1)14-11-20-51(50)45-26-24-41(25-27-45)42-28-32-47(33-29-42)63(48-34-36-49(37-35-48)64-59-22-9-6-18-54(59)55-19-7-10-23-60(55)64)58-21-8-5-16-52(58)46-31-39-61-57(40-46)56-38-30-44-13-2-4-17-53(44)62(56)65-61/h1-40H. The molecule has 0 radical (unpaired) electrons. The molecule has 2 heterocycles. The zero-order valence-corrected chi connectivity index (χ0v) is 35.4. The van der Waals surface area contributed by atoms with Gasteiger partial charge in [-0.1, -0.05) is 170 Å². The van der Waals surface area contributed by atoms with Gasteiger partial charge in [-0.15, -0.1) is 0 Å². The van der Waals surface area contributed by atoms with Crippen LogP contribution in [0, 0.1) is 0 Å². The Bertz CT molecular complexity index is 3870. The van der Waals surface area contributed by atoms with E-state index < -0.39 is 0 Å². The molecule has 0 spiro atoms. The molecule has 13 rings (SSSR count). The van der Waals surface area contributed by atoms with Crippen LogP contribution in [-0.2, 0) is 0 Å². The zero-order chi connectivity index (χ0) is 42.8. The molecular weight excluding hydrogens is 789 g/mol. The molecule has 0 atom stereocenters. The predicted molar refractivity (Wildman–Crippen MR) is 274 cm³/mol. The Hall–Kier alpha value is -8.66. The summed E-state index contributed by atoms with van der Waals surface area (Å²) in [5.74, 6) is 0. The molecule has 0 aliphatic rings. The summed E-state index contributed by atoms with van der Waals surface area (Å²) >= 11 is 0. The van der Waals surface area contributed by atoms with Crippen LogP contribution in [0.2, 0.25) is 0 Å². The van der Waals surface area contributed by atoms with E-state index in [1.807, 2.05) is 0 Å². The fourth-order valence-corrected chi connectivity index (χ4v) is 10.1. The van der Waals surface area contributed by atoms with Crippen molar-refractivity contribution in [1.29, 1.82) is 0 Å². The molecule has 304 valence electrons. The molecule has 0 amide bonds. The van der Waals surface area contributed by atoms with Crippen molar-refractivity contribution in [3.05, 3.63) is 243 Å². The molecule has 13 aromatic rings. The van der Waals surface area contributed by atoms with Crippen LogP contribution >= 0.6 is 0 Å². The van der Waals surface area contributed by atoms with Gasteiger partial charge in [-0.25, -0.2) is 0 Å². The summed E-state index contributed by atoms with van der Waals surface area (Å²) in [7, 11) is 0. The molecule has 0 saturated carbocycles. The lowest BCUT2D eigenvalue weighted by Crippen LogP contribution is -2.11. The molecule has 0 aliphatic carbocycles. The van der Waals surface area contributed by atoms with Crippen molar-refractivity contribution in [1.82, 2.24) is 4.57 Å². The topological polar surface area (TPSA) is 21.3 Å². The summed E-state index contributed by atoms with van der Waals surface area (Å²) in [5.41, 5.74) is 15.6. The summed E-state index contributed by atoms with van der Waals surface area (Å²) in [4.78, 5) is 2.39. The maximum absolute atomic E-state index is 6.55. The number of benzene rings is 11. The Morgan fingerprint density at radius 2 is 0.846 bits per heavy atom. The fourth-order valence-electron chi connectivity index (χ4n) is 10.1. The van der Waals surface area contributed by atoms with E-state index in [0.29, 0.717) is 0 Å². The highest BCUT2D eigenvalue weighted by atomic mass is 16.3. The third-order valence-corrected chi connectivity index (χ3v) is 13.2. The number of rotatable bonds is 7. The monoisotopic (exact) mass is 828 g/mol. The van der Waals surface area contributed by atoms with Crippen LogP contribution in [0.1, 0.15) is 0 Å². The Morgan fingerprint density at radius 3 is 1.57 bits per heavy atom. The molecule has 0 bridgehead atoms. The lowest BCUT2D eigenvalue weighted by atomic mass is 9.96. The fraction of sp³-hybridized carbons (Fsp3) is 0. The van der Waals surface area contributed by atoms with Gasteiger partial charge in [0.1, 0.15) is 11.2 Å². The second kappa shape index (κ2) is 15.0. The molecule has 0 unspecified atom stereocenters. The van der Waals surface area contributed by atoms with Crippen molar-refractivity contribution in [3.8, 4) is 39.1 Å². The van der Waals surface area contributed by atoms with Gasteiger partial charge in [0, 0.05) is 49.6 Å². The summed E-state index contributed by atoms with van der Waals surface area (Å²) in [6, 6.07) is 87.7. The molecule has 0 N–H and O–H groups in total.